The SMILES string of the molecule is Cc1nn(C)cc1C(=O)NCCn1cc(Cl)cn1. The number of aryl methyl sites for hydroxylation is 2. The molecular formula is C11H14ClN5O. The van der Waals surface area contributed by atoms with Crippen LogP contribution in [-0.2, 0) is 13.6 Å². The third-order valence-corrected chi connectivity index (χ3v) is 2.68. The summed E-state index contributed by atoms with van der Waals surface area (Å²) in [4.78, 5) is 11.9. The molecule has 2 aromatic heterocycles. The van der Waals surface area contributed by atoms with Crippen LogP contribution in [0.25, 0.3) is 0 Å². The molecule has 0 saturated carbocycles. The van der Waals surface area contributed by atoms with Crippen molar-refractivity contribution in [3.63, 3.8) is 0 Å². The van der Waals surface area contributed by atoms with E-state index in [1.165, 1.54) is 0 Å². The van der Waals surface area contributed by atoms with Crippen LogP contribution in [0.4, 0.5) is 0 Å². The van der Waals surface area contributed by atoms with Gasteiger partial charge >= 0.3 is 0 Å². The van der Waals surface area contributed by atoms with E-state index in [1.807, 2.05) is 6.92 Å². The lowest BCUT2D eigenvalue weighted by Crippen LogP contribution is -2.27. The van der Waals surface area contributed by atoms with Crippen LogP contribution in [0.3, 0.4) is 0 Å². The number of nitrogens with one attached hydrogen (secondary N) is 1. The van der Waals surface area contributed by atoms with Crippen LogP contribution in [0.15, 0.2) is 18.6 Å². The van der Waals surface area contributed by atoms with Gasteiger partial charge in [0, 0.05) is 26.0 Å². The molecule has 1 N–H and O–H groups in total. The topological polar surface area (TPSA) is 64.7 Å². The molecule has 0 spiro atoms. The largest absolute Gasteiger partial charge is 0.350 e. The lowest BCUT2D eigenvalue weighted by atomic mass is 10.2. The molecule has 0 aromatic carbocycles. The smallest absolute Gasteiger partial charge is 0.254 e. The molecule has 0 atom stereocenters. The molecule has 1 amide bonds. The minimum absolute atomic E-state index is 0.126. The standard InChI is InChI=1S/C11H14ClN5O/c1-8-10(7-16(2)15-8)11(18)13-3-4-17-6-9(12)5-14-17/h5-7H,3-4H2,1-2H3,(H,13,18). The van der Waals surface area contributed by atoms with Crippen LogP contribution in [-0.4, -0.2) is 32.0 Å². The third-order valence-electron chi connectivity index (χ3n) is 2.49. The van der Waals surface area contributed by atoms with E-state index in [0.29, 0.717) is 23.7 Å². The number of nitrogens with zero attached hydrogens (tertiary/aromatic N) is 4. The van der Waals surface area contributed by atoms with Crippen LogP contribution in [0.1, 0.15) is 16.1 Å². The van der Waals surface area contributed by atoms with Crippen molar-refractivity contribution in [1.82, 2.24) is 24.9 Å². The second kappa shape index (κ2) is 5.22. The molecule has 96 valence electrons. The van der Waals surface area contributed by atoms with Gasteiger partial charge in [0.2, 0.25) is 0 Å². The highest BCUT2D eigenvalue weighted by Gasteiger charge is 2.11. The Morgan fingerprint density at radius 3 is 2.83 bits per heavy atom. The normalized spacial score (nSPS) is 10.6. The fraction of sp³-hybridized carbons (Fsp3) is 0.364. The number of aromatic nitrogens is 4. The van der Waals surface area contributed by atoms with Crippen molar-refractivity contribution >= 4 is 17.5 Å². The van der Waals surface area contributed by atoms with E-state index in [1.54, 1.807) is 35.0 Å². The Kier molecular flexibility index (Phi) is 3.66. The van der Waals surface area contributed by atoms with Crippen molar-refractivity contribution in [2.45, 2.75) is 13.5 Å². The average molecular weight is 268 g/mol. The van der Waals surface area contributed by atoms with Crippen molar-refractivity contribution in [3.8, 4) is 0 Å². The molecule has 2 heterocycles. The number of hydrogen-bond acceptors (Lipinski definition) is 3. The molecule has 7 heteroatoms. The van der Waals surface area contributed by atoms with Crippen LogP contribution < -0.4 is 5.32 Å². The molecule has 0 aliphatic heterocycles. The van der Waals surface area contributed by atoms with Gasteiger partial charge in [-0.3, -0.25) is 14.2 Å². The van der Waals surface area contributed by atoms with E-state index in [2.05, 4.69) is 15.5 Å². The van der Waals surface area contributed by atoms with E-state index in [4.69, 9.17) is 11.6 Å². The molecule has 0 fully saturated rings. The Bertz CT molecular complexity index is 560. The second-order valence-electron chi connectivity index (χ2n) is 3.98. The van der Waals surface area contributed by atoms with E-state index in [-0.39, 0.29) is 5.91 Å². The highest BCUT2D eigenvalue weighted by Crippen LogP contribution is 2.05. The van der Waals surface area contributed by atoms with Crippen LogP contribution in [0.5, 0.6) is 0 Å². The first-order valence-corrected chi connectivity index (χ1v) is 5.90. The van der Waals surface area contributed by atoms with Gasteiger partial charge in [-0.1, -0.05) is 11.6 Å². The van der Waals surface area contributed by atoms with Gasteiger partial charge < -0.3 is 5.32 Å². The summed E-state index contributed by atoms with van der Waals surface area (Å²) in [6.45, 7) is 2.88. The Morgan fingerprint density at radius 2 is 2.28 bits per heavy atom. The number of amides is 1. The maximum atomic E-state index is 11.9. The first kappa shape index (κ1) is 12.6. The summed E-state index contributed by atoms with van der Waals surface area (Å²) < 4.78 is 3.30. The van der Waals surface area contributed by atoms with Crippen molar-refractivity contribution in [1.29, 1.82) is 0 Å². The number of hydrogen-bond donors (Lipinski definition) is 1. The van der Waals surface area contributed by atoms with Gasteiger partial charge in [0.1, 0.15) is 0 Å². The maximum absolute atomic E-state index is 11.9. The predicted molar refractivity (Wildman–Crippen MR) is 67.5 cm³/mol. The number of carbonyl (C=O) groups excluding carboxylic acids is 1. The molecule has 0 saturated heterocycles. The maximum Gasteiger partial charge on any atom is 0.254 e. The van der Waals surface area contributed by atoms with Gasteiger partial charge in [-0.05, 0) is 6.92 Å². The van der Waals surface area contributed by atoms with Crippen LogP contribution >= 0.6 is 11.6 Å². The summed E-state index contributed by atoms with van der Waals surface area (Å²) in [5.74, 6) is -0.126. The lowest BCUT2D eigenvalue weighted by Gasteiger charge is -2.04. The molecular weight excluding hydrogens is 254 g/mol. The summed E-state index contributed by atoms with van der Waals surface area (Å²) in [5.41, 5.74) is 1.31. The fourth-order valence-electron chi connectivity index (χ4n) is 1.66. The third kappa shape index (κ3) is 2.89. The first-order chi connectivity index (χ1) is 8.56. The zero-order chi connectivity index (χ0) is 13.1. The summed E-state index contributed by atoms with van der Waals surface area (Å²) >= 11 is 5.74. The molecule has 2 aromatic rings. The average Bonchev–Trinajstić information content (AvgIpc) is 2.85. The van der Waals surface area contributed by atoms with E-state index in [9.17, 15) is 4.79 Å². The molecule has 0 bridgehead atoms. The predicted octanol–water partition coefficient (Wildman–Crippen LogP) is 1.01. The summed E-state index contributed by atoms with van der Waals surface area (Å²) in [5, 5.41) is 11.5. The number of halogens is 1. The molecule has 18 heavy (non-hydrogen) atoms. The minimum atomic E-state index is -0.126. The van der Waals surface area contributed by atoms with Crippen molar-refractivity contribution in [2.24, 2.45) is 7.05 Å². The van der Waals surface area contributed by atoms with E-state index in [0.717, 1.165) is 5.69 Å². The number of rotatable bonds is 4. The molecule has 0 aliphatic rings. The Hall–Kier alpha value is -1.82. The molecule has 0 aliphatic carbocycles. The van der Waals surface area contributed by atoms with Crippen LogP contribution in [0.2, 0.25) is 5.02 Å². The fourth-order valence-corrected chi connectivity index (χ4v) is 1.82. The Balaban J connectivity index is 1.87. The Morgan fingerprint density at radius 1 is 1.50 bits per heavy atom. The van der Waals surface area contributed by atoms with Gasteiger partial charge in [-0.2, -0.15) is 10.2 Å². The van der Waals surface area contributed by atoms with E-state index < -0.39 is 0 Å². The monoisotopic (exact) mass is 267 g/mol. The molecule has 6 nitrogen and oxygen atoms in total. The highest BCUT2D eigenvalue weighted by atomic mass is 35.5. The highest BCUT2D eigenvalue weighted by molar-refractivity contribution is 6.30. The molecule has 0 radical (unpaired) electrons. The Labute approximate surface area is 110 Å². The quantitative estimate of drug-likeness (QED) is 0.899. The molecule has 0 unspecified atom stereocenters. The number of carbonyl (C=O) groups is 1. The van der Waals surface area contributed by atoms with Crippen molar-refractivity contribution in [2.75, 3.05) is 6.54 Å². The summed E-state index contributed by atoms with van der Waals surface area (Å²) in [7, 11) is 1.79. The van der Waals surface area contributed by atoms with Gasteiger partial charge in [0.05, 0.1) is 29.0 Å². The van der Waals surface area contributed by atoms with Crippen molar-refractivity contribution in [3.05, 3.63) is 34.9 Å². The molecule has 2 rings (SSSR count). The summed E-state index contributed by atoms with van der Waals surface area (Å²) in [6, 6.07) is 0. The zero-order valence-corrected chi connectivity index (χ0v) is 11.0. The first-order valence-electron chi connectivity index (χ1n) is 5.52. The van der Waals surface area contributed by atoms with Gasteiger partial charge in [-0.25, -0.2) is 0 Å². The van der Waals surface area contributed by atoms with Gasteiger partial charge in [0.15, 0.2) is 0 Å². The van der Waals surface area contributed by atoms with Gasteiger partial charge in [0.25, 0.3) is 5.91 Å². The zero-order valence-electron chi connectivity index (χ0n) is 10.2. The summed E-state index contributed by atoms with van der Waals surface area (Å²) in [6.07, 6.45) is 4.98. The van der Waals surface area contributed by atoms with Crippen LogP contribution in [0, 0.1) is 6.92 Å². The minimum Gasteiger partial charge on any atom is -0.350 e. The second-order valence-corrected chi connectivity index (χ2v) is 4.42. The van der Waals surface area contributed by atoms with E-state index >= 15 is 0 Å². The van der Waals surface area contributed by atoms with Gasteiger partial charge in [-0.15, -0.1) is 0 Å². The lowest BCUT2D eigenvalue weighted by molar-refractivity contribution is 0.0951. The van der Waals surface area contributed by atoms with Crippen molar-refractivity contribution < 1.29 is 4.79 Å².